The number of aromatic nitrogens is 1. The molecule has 0 aliphatic heterocycles. The standard InChI is InChI=1S/C22H24ClNO2S/c23-17-13-10-9-11-15(17)20-24-21-19(22(25)26-20)16-12-7-5-3-1-2-4-6-8-14-18(16)27-21/h9-11,13H,1-8,12,14H2. The van der Waals surface area contributed by atoms with E-state index in [2.05, 4.69) is 4.98 Å². The molecule has 0 unspecified atom stereocenters. The van der Waals surface area contributed by atoms with Crippen molar-refractivity contribution < 1.29 is 4.42 Å². The molecule has 0 radical (unpaired) electrons. The molecule has 0 spiro atoms. The highest BCUT2D eigenvalue weighted by Gasteiger charge is 2.20. The first-order chi connectivity index (χ1) is 13.2. The molecule has 0 amide bonds. The van der Waals surface area contributed by atoms with Gasteiger partial charge in [0.15, 0.2) is 0 Å². The van der Waals surface area contributed by atoms with Crippen LogP contribution in [0.1, 0.15) is 61.8 Å². The Balaban J connectivity index is 1.77. The molecule has 3 aromatic rings. The number of thiophene rings is 1. The Labute approximate surface area is 168 Å². The molecule has 0 N–H and O–H groups in total. The summed E-state index contributed by atoms with van der Waals surface area (Å²) < 4.78 is 5.61. The average Bonchev–Trinajstić information content (AvgIpc) is 3.00. The summed E-state index contributed by atoms with van der Waals surface area (Å²) in [4.78, 5) is 19.6. The van der Waals surface area contributed by atoms with E-state index in [-0.39, 0.29) is 5.63 Å². The average molecular weight is 402 g/mol. The molecule has 2 aromatic heterocycles. The highest BCUT2D eigenvalue weighted by molar-refractivity contribution is 7.18. The smallest absolute Gasteiger partial charge is 0.348 e. The third kappa shape index (κ3) is 4.12. The van der Waals surface area contributed by atoms with E-state index >= 15 is 0 Å². The first-order valence-electron chi connectivity index (χ1n) is 9.94. The summed E-state index contributed by atoms with van der Waals surface area (Å²) in [5.41, 5.74) is 1.57. The molecule has 0 saturated heterocycles. The van der Waals surface area contributed by atoms with Crippen molar-refractivity contribution in [1.82, 2.24) is 4.98 Å². The predicted molar refractivity (Wildman–Crippen MR) is 113 cm³/mol. The zero-order valence-corrected chi connectivity index (χ0v) is 17.0. The van der Waals surface area contributed by atoms with Gasteiger partial charge in [0.1, 0.15) is 10.2 Å². The van der Waals surface area contributed by atoms with E-state index in [1.165, 1.54) is 55.4 Å². The van der Waals surface area contributed by atoms with E-state index in [0.29, 0.717) is 21.9 Å². The Morgan fingerprint density at radius 3 is 2.33 bits per heavy atom. The van der Waals surface area contributed by atoms with Crippen LogP contribution in [0.3, 0.4) is 0 Å². The van der Waals surface area contributed by atoms with Crippen LogP contribution in [0, 0.1) is 0 Å². The minimum Gasteiger partial charge on any atom is -0.403 e. The fourth-order valence-corrected chi connectivity index (χ4v) is 5.37. The van der Waals surface area contributed by atoms with Gasteiger partial charge in [-0.2, -0.15) is 0 Å². The van der Waals surface area contributed by atoms with E-state index < -0.39 is 0 Å². The second-order valence-corrected chi connectivity index (χ2v) is 8.79. The van der Waals surface area contributed by atoms with E-state index in [9.17, 15) is 4.79 Å². The fourth-order valence-electron chi connectivity index (χ4n) is 3.91. The lowest BCUT2D eigenvalue weighted by Gasteiger charge is -2.07. The van der Waals surface area contributed by atoms with Gasteiger partial charge in [0, 0.05) is 4.88 Å². The highest BCUT2D eigenvalue weighted by Crippen LogP contribution is 2.34. The van der Waals surface area contributed by atoms with Gasteiger partial charge in [-0.05, 0) is 43.4 Å². The SMILES string of the molecule is O=c1oc(-c2ccccc2Cl)nc2sc3c(c12)CCCCCCCCCC3. The molecule has 3 nitrogen and oxygen atoms in total. The van der Waals surface area contributed by atoms with Gasteiger partial charge in [-0.15, -0.1) is 11.3 Å². The summed E-state index contributed by atoms with van der Waals surface area (Å²) in [5.74, 6) is 0.315. The second kappa shape index (κ2) is 8.57. The van der Waals surface area contributed by atoms with Crippen LogP contribution in [0.5, 0.6) is 0 Å². The number of hydrogen-bond donors (Lipinski definition) is 0. The number of benzene rings is 1. The first-order valence-corrected chi connectivity index (χ1v) is 11.1. The van der Waals surface area contributed by atoms with Gasteiger partial charge in [0.25, 0.3) is 0 Å². The van der Waals surface area contributed by atoms with Crippen molar-refractivity contribution in [3.8, 4) is 11.5 Å². The van der Waals surface area contributed by atoms with Crippen LogP contribution in [0.15, 0.2) is 33.5 Å². The molecule has 1 aliphatic rings. The quantitative estimate of drug-likeness (QED) is 0.450. The molecule has 27 heavy (non-hydrogen) atoms. The van der Waals surface area contributed by atoms with Gasteiger partial charge >= 0.3 is 5.63 Å². The minimum absolute atomic E-state index is 0.278. The van der Waals surface area contributed by atoms with Gasteiger partial charge in [-0.1, -0.05) is 62.3 Å². The molecule has 142 valence electrons. The fraction of sp³-hybridized carbons (Fsp3) is 0.455. The monoisotopic (exact) mass is 401 g/mol. The summed E-state index contributed by atoms with van der Waals surface area (Å²) in [5, 5.41) is 1.24. The van der Waals surface area contributed by atoms with Crippen molar-refractivity contribution in [3.63, 3.8) is 0 Å². The van der Waals surface area contributed by atoms with Crippen molar-refractivity contribution in [2.24, 2.45) is 0 Å². The van der Waals surface area contributed by atoms with Crippen LogP contribution in [-0.4, -0.2) is 4.98 Å². The van der Waals surface area contributed by atoms with E-state index in [1.54, 1.807) is 17.4 Å². The summed E-state index contributed by atoms with van der Waals surface area (Å²) in [7, 11) is 0. The molecule has 5 heteroatoms. The maximum atomic E-state index is 12.8. The lowest BCUT2D eigenvalue weighted by atomic mass is 9.99. The number of rotatable bonds is 1. The normalized spacial score (nSPS) is 16.5. The number of nitrogens with zero attached hydrogens (tertiary/aromatic N) is 1. The molecular weight excluding hydrogens is 378 g/mol. The predicted octanol–water partition coefficient (Wildman–Crippen LogP) is 6.79. The Morgan fingerprint density at radius 2 is 1.59 bits per heavy atom. The lowest BCUT2D eigenvalue weighted by Crippen LogP contribution is -2.04. The molecule has 1 aliphatic carbocycles. The van der Waals surface area contributed by atoms with Crippen molar-refractivity contribution in [2.75, 3.05) is 0 Å². The Hall–Kier alpha value is -1.65. The molecule has 0 atom stereocenters. The molecule has 0 fully saturated rings. The van der Waals surface area contributed by atoms with Crippen LogP contribution in [0.25, 0.3) is 21.7 Å². The maximum Gasteiger partial charge on any atom is 0.348 e. The van der Waals surface area contributed by atoms with Gasteiger partial charge < -0.3 is 4.42 Å². The third-order valence-corrected chi connectivity index (χ3v) is 6.87. The van der Waals surface area contributed by atoms with Gasteiger partial charge in [0.05, 0.1) is 10.6 Å². The van der Waals surface area contributed by atoms with E-state index in [0.717, 1.165) is 24.1 Å². The summed E-state index contributed by atoms with van der Waals surface area (Å²) in [6.07, 6.45) is 12.1. The molecule has 4 rings (SSSR count). The summed E-state index contributed by atoms with van der Waals surface area (Å²) >= 11 is 7.94. The van der Waals surface area contributed by atoms with Crippen molar-refractivity contribution >= 4 is 33.2 Å². The van der Waals surface area contributed by atoms with Crippen LogP contribution in [-0.2, 0) is 12.8 Å². The van der Waals surface area contributed by atoms with Gasteiger partial charge in [0.2, 0.25) is 5.89 Å². The van der Waals surface area contributed by atoms with E-state index in [1.807, 2.05) is 18.2 Å². The van der Waals surface area contributed by atoms with Gasteiger partial charge in [-0.3, -0.25) is 0 Å². The summed E-state index contributed by atoms with van der Waals surface area (Å²) in [6, 6.07) is 7.36. The molecule has 0 bridgehead atoms. The van der Waals surface area contributed by atoms with E-state index in [4.69, 9.17) is 16.0 Å². The van der Waals surface area contributed by atoms with Crippen LogP contribution >= 0.6 is 22.9 Å². The maximum absolute atomic E-state index is 12.8. The highest BCUT2D eigenvalue weighted by atomic mass is 35.5. The largest absolute Gasteiger partial charge is 0.403 e. The molecular formula is C22H24ClNO2S. The van der Waals surface area contributed by atoms with Crippen LogP contribution in [0.2, 0.25) is 5.02 Å². The topological polar surface area (TPSA) is 43.1 Å². The summed E-state index contributed by atoms with van der Waals surface area (Å²) in [6.45, 7) is 0. The van der Waals surface area contributed by atoms with Crippen LogP contribution < -0.4 is 5.63 Å². The van der Waals surface area contributed by atoms with Crippen molar-refractivity contribution in [1.29, 1.82) is 0 Å². The lowest BCUT2D eigenvalue weighted by molar-refractivity contribution is 0.518. The Kier molecular flexibility index (Phi) is 5.94. The first kappa shape index (κ1) is 18.7. The second-order valence-electron chi connectivity index (χ2n) is 7.30. The zero-order valence-electron chi connectivity index (χ0n) is 15.4. The Bertz CT molecular complexity index is 992. The number of hydrogen-bond acceptors (Lipinski definition) is 4. The minimum atomic E-state index is -0.278. The number of halogens is 1. The third-order valence-electron chi connectivity index (χ3n) is 5.35. The number of aryl methyl sites for hydroxylation is 2. The van der Waals surface area contributed by atoms with Gasteiger partial charge in [-0.25, -0.2) is 9.78 Å². The number of fused-ring (bicyclic) bond motifs is 3. The Morgan fingerprint density at radius 1 is 0.926 bits per heavy atom. The molecule has 1 aromatic carbocycles. The van der Waals surface area contributed by atoms with Crippen molar-refractivity contribution in [2.45, 2.75) is 64.2 Å². The van der Waals surface area contributed by atoms with Crippen LogP contribution in [0.4, 0.5) is 0 Å². The molecule has 2 heterocycles. The van der Waals surface area contributed by atoms with Crippen molar-refractivity contribution in [3.05, 3.63) is 50.1 Å². The zero-order chi connectivity index (χ0) is 18.6. The molecule has 0 saturated carbocycles.